The second-order valence-electron chi connectivity index (χ2n) is 4.00. The van der Waals surface area contributed by atoms with E-state index >= 15 is 0 Å². The Hall–Kier alpha value is -2.33. The molecule has 1 amide bonds. The smallest absolute Gasteiger partial charge is 0.241 e. The molecule has 0 saturated heterocycles. The highest BCUT2D eigenvalue weighted by molar-refractivity contribution is 7.89. The van der Waals surface area contributed by atoms with Crippen LogP contribution >= 0.6 is 0 Å². The summed E-state index contributed by atoms with van der Waals surface area (Å²) in [6, 6.07) is 4.96. The number of nitrogens with two attached hydrogens (primary N) is 1. The number of hydrogen-bond acceptors (Lipinski definition) is 6. The van der Waals surface area contributed by atoms with Gasteiger partial charge in [0.15, 0.2) is 0 Å². The van der Waals surface area contributed by atoms with Crippen molar-refractivity contribution in [1.29, 1.82) is 0 Å². The number of carbonyl (C=O) groups is 1. The van der Waals surface area contributed by atoms with E-state index < -0.39 is 22.0 Å². The van der Waals surface area contributed by atoms with E-state index in [2.05, 4.69) is 20.2 Å². The molecule has 3 N–H and O–H groups in total. The van der Waals surface area contributed by atoms with Gasteiger partial charge in [0.2, 0.25) is 15.9 Å². The average molecular weight is 296 g/mol. The molecule has 20 heavy (non-hydrogen) atoms. The highest BCUT2D eigenvalue weighted by atomic mass is 32.2. The van der Waals surface area contributed by atoms with Crippen LogP contribution in [0.2, 0.25) is 0 Å². The number of aromatic nitrogens is 4. The number of benzene rings is 1. The Balaban J connectivity index is 2.33. The normalized spacial score (nSPS) is 13.1. The maximum absolute atomic E-state index is 12.1. The number of primary amides is 1. The van der Waals surface area contributed by atoms with Crippen LogP contribution in [0, 0.1) is 0 Å². The van der Waals surface area contributed by atoms with Crippen molar-refractivity contribution in [3.05, 3.63) is 30.6 Å². The Labute approximate surface area is 114 Å². The predicted octanol–water partition coefficient (Wildman–Crippen LogP) is -1.19. The molecule has 0 saturated carbocycles. The summed E-state index contributed by atoms with van der Waals surface area (Å²) in [4.78, 5) is 10.9. The molecule has 10 heteroatoms. The summed E-state index contributed by atoms with van der Waals surface area (Å²) >= 11 is 0. The molecule has 0 fully saturated rings. The van der Waals surface area contributed by atoms with Gasteiger partial charge in [-0.05, 0) is 35.5 Å². The number of carbonyl (C=O) groups excluding carboxylic acids is 1. The minimum atomic E-state index is -3.85. The highest BCUT2D eigenvalue weighted by Gasteiger charge is 2.20. The molecule has 0 radical (unpaired) electrons. The molecule has 0 bridgehead atoms. The first-order chi connectivity index (χ1) is 9.40. The van der Waals surface area contributed by atoms with Gasteiger partial charge in [-0.25, -0.2) is 13.1 Å². The molecule has 0 spiro atoms. The maximum atomic E-state index is 12.1. The number of rotatable bonds is 5. The van der Waals surface area contributed by atoms with E-state index in [9.17, 15) is 13.2 Å². The third-order valence-electron chi connectivity index (χ3n) is 2.50. The fraction of sp³-hybridized carbons (Fsp3) is 0.200. The molecule has 0 aliphatic carbocycles. The minimum absolute atomic E-state index is 0.0152. The van der Waals surface area contributed by atoms with E-state index in [-0.39, 0.29) is 4.90 Å². The van der Waals surface area contributed by atoms with E-state index in [1.54, 1.807) is 12.1 Å². The zero-order valence-corrected chi connectivity index (χ0v) is 11.3. The minimum Gasteiger partial charge on any atom is -0.368 e. The van der Waals surface area contributed by atoms with Crippen molar-refractivity contribution in [2.24, 2.45) is 5.73 Å². The molecule has 1 aromatic heterocycles. The molecule has 2 aromatic rings. The Morgan fingerprint density at radius 3 is 2.80 bits per heavy atom. The Kier molecular flexibility index (Phi) is 3.77. The molecule has 106 valence electrons. The fourth-order valence-electron chi connectivity index (χ4n) is 1.43. The van der Waals surface area contributed by atoms with Gasteiger partial charge in [0.1, 0.15) is 6.33 Å². The van der Waals surface area contributed by atoms with Crippen LogP contribution in [0.15, 0.2) is 35.5 Å². The van der Waals surface area contributed by atoms with Crippen molar-refractivity contribution >= 4 is 15.9 Å². The number of nitrogens with zero attached hydrogens (tertiary/aromatic N) is 4. The molecule has 0 aliphatic heterocycles. The van der Waals surface area contributed by atoms with E-state index in [1.807, 2.05) is 0 Å². The van der Waals surface area contributed by atoms with Gasteiger partial charge >= 0.3 is 0 Å². The zero-order chi connectivity index (χ0) is 14.8. The summed E-state index contributed by atoms with van der Waals surface area (Å²) in [6.45, 7) is 1.37. The molecule has 0 aliphatic rings. The van der Waals surface area contributed by atoms with Crippen LogP contribution in [0.4, 0.5) is 0 Å². The molecule has 1 aromatic carbocycles. The third kappa shape index (κ3) is 2.97. The monoisotopic (exact) mass is 296 g/mol. The standard InChI is InChI=1S/C10H12N6O3S/c1-7(10(11)17)13-20(18,19)9-4-2-3-8(5-9)16-6-12-14-15-16/h2-7,13H,1H3,(H2,11,17)/t7-/m1/s1. The lowest BCUT2D eigenvalue weighted by atomic mass is 10.3. The first-order valence-electron chi connectivity index (χ1n) is 5.55. The van der Waals surface area contributed by atoms with E-state index in [4.69, 9.17) is 5.73 Å². The molecule has 1 heterocycles. The number of amides is 1. The maximum Gasteiger partial charge on any atom is 0.241 e. The third-order valence-corrected chi connectivity index (χ3v) is 4.04. The van der Waals surface area contributed by atoms with Crippen molar-refractivity contribution in [3.63, 3.8) is 0 Å². The first-order valence-corrected chi connectivity index (χ1v) is 7.03. The Morgan fingerprint density at radius 1 is 1.45 bits per heavy atom. The molecule has 2 rings (SSSR count). The first kappa shape index (κ1) is 14.1. The molecule has 0 unspecified atom stereocenters. The van der Waals surface area contributed by atoms with Gasteiger partial charge in [0.05, 0.1) is 16.6 Å². The Morgan fingerprint density at radius 2 is 2.20 bits per heavy atom. The largest absolute Gasteiger partial charge is 0.368 e. The summed E-state index contributed by atoms with van der Waals surface area (Å²) in [7, 11) is -3.85. The molecular weight excluding hydrogens is 284 g/mol. The highest BCUT2D eigenvalue weighted by Crippen LogP contribution is 2.14. The summed E-state index contributed by atoms with van der Waals surface area (Å²) in [6.07, 6.45) is 1.34. The van der Waals surface area contributed by atoms with Gasteiger partial charge in [0, 0.05) is 0 Å². The van der Waals surface area contributed by atoms with Gasteiger partial charge in [-0.2, -0.15) is 4.72 Å². The second kappa shape index (κ2) is 5.35. The zero-order valence-electron chi connectivity index (χ0n) is 10.5. The van der Waals surface area contributed by atoms with Crippen LogP contribution in [-0.4, -0.2) is 40.6 Å². The van der Waals surface area contributed by atoms with Crippen LogP contribution in [0.1, 0.15) is 6.92 Å². The number of hydrogen-bond donors (Lipinski definition) is 2. The van der Waals surface area contributed by atoms with Gasteiger partial charge in [-0.1, -0.05) is 6.07 Å². The van der Waals surface area contributed by atoms with Crippen molar-refractivity contribution < 1.29 is 13.2 Å². The SMILES string of the molecule is C[C@@H](NS(=O)(=O)c1cccc(-n2cnnn2)c1)C(N)=O. The van der Waals surface area contributed by atoms with Crippen molar-refractivity contribution in [2.75, 3.05) is 0 Å². The summed E-state index contributed by atoms with van der Waals surface area (Å²) in [5, 5.41) is 10.6. The van der Waals surface area contributed by atoms with Crippen LogP contribution in [0.25, 0.3) is 5.69 Å². The average Bonchev–Trinajstić information content (AvgIpc) is 2.92. The topological polar surface area (TPSA) is 133 Å². The van der Waals surface area contributed by atoms with Crippen molar-refractivity contribution in [3.8, 4) is 5.69 Å². The molecular formula is C10H12N6O3S. The van der Waals surface area contributed by atoms with Crippen LogP contribution in [0.5, 0.6) is 0 Å². The Bertz CT molecular complexity index is 712. The van der Waals surface area contributed by atoms with Gasteiger partial charge in [0.25, 0.3) is 0 Å². The lowest BCUT2D eigenvalue weighted by molar-refractivity contribution is -0.119. The van der Waals surface area contributed by atoms with Gasteiger partial charge < -0.3 is 5.73 Å². The lowest BCUT2D eigenvalue weighted by Crippen LogP contribution is -2.42. The van der Waals surface area contributed by atoms with Crippen LogP contribution in [-0.2, 0) is 14.8 Å². The summed E-state index contributed by atoms with van der Waals surface area (Å²) < 4.78 is 27.7. The number of nitrogens with one attached hydrogen (secondary N) is 1. The van der Waals surface area contributed by atoms with Crippen LogP contribution in [0.3, 0.4) is 0 Å². The summed E-state index contributed by atoms with van der Waals surface area (Å²) in [5.41, 5.74) is 5.51. The number of sulfonamides is 1. The molecule has 9 nitrogen and oxygen atoms in total. The van der Waals surface area contributed by atoms with Crippen LogP contribution < -0.4 is 10.5 Å². The van der Waals surface area contributed by atoms with E-state index in [1.165, 1.54) is 30.1 Å². The fourth-order valence-corrected chi connectivity index (χ4v) is 2.68. The van der Waals surface area contributed by atoms with Gasteiger partial charge in [-0.3, -0.25) is 4.79 Å². The predicted molar refractivity (Wildman–Crippen MR) is 68.1 cm³/mol. The summed E-state index contributed by atoms with van der Waals surface area (Å²) in [5.74, 6) is -0.759. The molecule has 1 atom stereocenters. The quantitative estimate of drug-likeness (QED) is 0.713. The van der Waals surface area contributed by atoms with E-state index in [0.717, 1.165) is 0 Å². The second-order valence-corrected chi connectivity index (χ2v) is 5.71. The van der Waals surface area contributed by atoms with E-state index in [0.29, 0.717) is 5.69 Å². The lowest BCUT2D eigenvalue weighted by Gasteiger charge is -2.11. The van der Waals surface area contributed by atoms with Crippen molar-refractivity contribution in [2.45, 2.75) is 17.9 Å². The van der Waals surface area contributed by atoms with Crippen molar-refractivity contribution in [1.82, 2.24) is 24.9 Å². The number of tetrazole rings is 1. The van der Waals surface area contributed by atoms with Gasteiger partial charge in [-0.15, -0.1) is 5.10 Å².